The maximum absolute atomic E-state index is 2.50. The summed E-state index contributed by atoms with van der Waals surface area (Å²) in [7, 11) is 0. The highest BCUT2D eigenvalue weighted by molar-refractivity contribution is 5.43. The summed E-state index contributed by atoms with van der Waals surface area (Å²) in [4.78, 5) is 0. The Bertz CT molecular complexity index is 788. The van der Waals surface area contributed by atoms with Crippen molar-refractivity contribution in [2.24, 2.45) is 0 Å². The molecule has 0 amide bonds. The first-order chi connectivity index (χ1) is 11.3. The smallest absolute Gasteiger partial charge is 0.128 e. The first kappa shape index (κ1) is 14.3. The molecule has 0 aliphatic carbocycles. The van der Waals surface area contributed by atoms with E-state index in [0.717, 1.165) is 13.0 Å². The number of nitrogens with two attached hydrogens (primary N) is 1. The number of aromatic nitrogens is 1. The molecule has 2 N–H and O–H groups in total. The zero-order chi connectivity index (χ0) is 15.6. The maximum Gasteiger partial charge on any atom is 0.128 e. The van der Waals surface area contributed by atoms with E-state index in [1.54, 1.807) is 0 Å². The van der Waals surface area contributed by atoms with Crippen molar-refractivity contribution in [3.8, 4) is 5.69 Å². The molecule has 0 radical (unpaired) electrons. The predicted molar refractivity (Wildman–Crippen MR) is 93.6 cm³/mol. The third-order valence-electron chi connectivity index (χ3n) is 5.01. The molecule has 2 atom stereocenters. The molecule has 2 heterocycles. The van der Waals surface area contributed by atoms with Crippen molar-refractivity contribution >= 4 is 0 Å². The fourth-order valence-corrected chi connectivity index (χ4v) is 3.74. The Hall–Kier alpha value is -2.32. The van der Waals surface area contributed by atoms with Crippen LogP contribution < -0.4 is 5.32 Å². The first-order valence-corrected chi connectivity index (χ1v) is 8.47. The van der Waals surface area contributed by atoms with Gasteiger partial charge < -0.3 is 9.88 Å². The van der Waals surface area contributed by atoms with Gasteiger partial charge in [-0.05, 0) is 29.7 Å². The second-order valence-electron chi connectivity index (χ2n) is 6.53. The Morgan fingerprint density at radius 2 is 1.78 bits per heavy atom. The highest BCUT2D eigenvalue weighted by Crippen LogP contribution is 2.29. The van der Waals surface area contributed by atoms with Gasteiger partial charge in [0.25, 0.3) is 0 Å². The molecule has 23 heavy (non-hydrogen) atoms. The lowest BCUT2D eigenvalue weighted by atomic mass is 9.92. The summed E-state index contributed by atoms with van der Waals surface area (Å²) in [6.07, 6.45) is 3.36. The molecule has 0 spiro atoms. The molecule has 116 valence electrons. The van der Waals surface area contributed by atoms with E-state index in [2.05, 4.69) is 89.7 Å². The highest BCUT2D eigenvalue weighted by atomic mass is 15.1. The lowest BCUT2D eigenvalue weighted by Gasteiger charge is -2.19. The molecule has 1 aliphatic heterocycles. The monoisotopic (exact) mass is 303 g/mol. The van der Waals surface area contributed by atoms with Gasteiger partial charge in [0.15, 0.2) is 0 Å². The van der Waals surface area contributed by atoms with Gasteiger partial charge in [0, 0.05) is 18.2 Å². The van der Waals surface area contributed by atoms with Crippen LogP contribution in [0.2, 0.25) is 0 Å². The van der Waals surface area contributed by atoms with Gasteiger partial charge >= 0.3 is 0 Å². The summed E-state index contributed by atoms with van der Waals surface area (Å²) in [5.41, 5.74) is 5.59. The highest BCUT2D eigenvalue weighted by Gasteiger charge is 2.26. The summed E-state index contributed by atoms with van der Waals surface area (Å²) in [5.74, 6) is 0.557. The molecule has 0 bridgehead atoms. The average Bonchev–Trinajstić information content (AvgIpc) is 3.04. The number of benzene rings is 2. The number of para-hydroxylation sites is 1. The molecule has 1 aliphatic rings. The van der Waals surface area contributed by atoms with Crippen molar-refractivity contribution < 1.29 is 5.32 Å². The van der Waals surface area contributed by atoms with E-state index >= 15 is 0 Å². The van der Waals surface area contributed by atoms with E-state index in [1.165, 1.54) is 22.5 Å². The minimum atomic E-state index is 0.493. The molecule has 1 aromatic heterocycles. The van der Waals surface area contributed by atoms with Gasteiger partial charge in [-0.15, -0.1) is 0 Å². The number of quaternary nitrogens is 1. The quantitative estimate of drug-likeness (QED) is 0.760. The predicted octanol–water partition coefficient (Wildman–Crippen LogP) is 3.79. The molecule has 4 rings (SSSR count). The summed E-state index contributed by atoms with van der Waals surface area (Å²) in [6, 6.07) is 24.6. The van der Waals surface area contributed by atoms with Gasteiger partial charge in [0.1, 0.15) is 12.6 Å². The fourth-order valence-electron chi connectivity index (χ4n) is 3.74. The average molecular weight is 303 g/mol. The molecule has 0 saturated carbocycles. The number of nitrogens with zero attached hydrogens (tertiary/aromatic N) is 1. The van der Waals surface area contributed by atoms with Crippen molar-refractivity contribution in [3.63, 3.8) is 0 Å². The number of fused-ring (bicyclic) bond motifs is 3. The van der Waals surface area contributed by atoms with Crippen LogP contribution in [0.15, 0.2) is 72.9 Å². The van der Waals surface area contributed by atoms with Gasteiger partial charge in [0.2, 0.25) is 0 Å². The lowest BCUT2D eigenvalue weighted by Crippen LogP contribution is -2.83. The van der Waals surface area contributed by atoms with Crippen LogP contribution in [0.1, 0.15) is 42.1 Å². The third kappa shape index (κ3) is 2.71. The summed E-state index contributed by atoms with van der Waals surface area (Å²) < 4.78 is 2.38. The van der Waals surface area contributed by atoms with Crippen LogP contribution in [0.4, 0.5) is 0 Å². The second kappa shape index (κ2) is 6.05. The Balaban J connectivity index is 1.65. The van der Waals surface area contributed by atoms with E-state index in [-0.39, 0.29) is 0 Å². The molecular weight excluding hydrogens is 280 g/mol. The van der Waals surface area contributed by atoms with Gasteiger partial charge in [-0.3, -0.25) is 0 Å². The summed E-state index contributed by atoms with van der Waals surface area (Å²) in [6.45, 7) is 3.39. The molecule has 3 aromatic rings. The van der Waals surface area contributed by atoms with E-state index in [4.69, 9.17) is 0 Å². The van der Waals surface area contributed by atoms with Crippen molar-refractivity contribution in [2.45, 2.75) is 31.8 Å². The molecule has 2 aromatic carbocycles. The first-order valence-electron chi connectivity index (χ1n) is 8.47. The van der Waals surface area contributed by atoms with Crippen LogP contribution in [0.3, 0.4) is 0 Å². The van der Waals surface area contributed by atoms with Crippen molar-refractivity contribution in [2.75, 3.05) is 0 Å². The van der Waals surface area contributed by atoms with Crippen LogP contribution in [0.25, 0.3) is 5.69 Å². The van der Waals surface area contributed by atoms with E-state index in [9.17, 15) is 0 Å². The third-order valence-corrected chi connectivity index (χ3v) is 5.01. The Labute approximate surface area is 137 Å². The molecule has 2 nitrogen and oxygen atoms in total. The van der Waals surface area contributed by atoms with E-state index in [1.807, 2.05) is 0 Å². The molecule has 2 unspecified atom stereocenters. The molecular formula is C21H23N2+. The Morgan fingerprint density at radius 1 is 1.00 bits per heavy atom. The van der Waals surface area contributed by atoms with Gasteiger partial charge in [-0.2, -0.15) is 0 Å². The van der Waals surface area contributed by atoms with Gasteiger partial charge in [-0.1, -0.05) is 55.5 Å². The van der Waals surface area contributed by atoms with Crippen LogP contribution in [0, 0.1) is 0 Å². The van der Waals surface area contributed by atoms with Crippen LogP contribution >= 0.6 is 0 Å². The summed E-state index contributed by atoms with van der Waals surface area (Å²) >= 11 is 0. The second-order valence-corrected chi connectivity index (χ2v) is 6.53. The number of hydrogen-bond acceptors (Lipinski definition) is 0. The van der Waals surface area contributed by atoms with Crippen LogP contribution in [-0.4, -0.2) is 4.57 Å². The number of rotatable bonds is 3. The maximum atomic E-state index is 2.50. The van der Waals surface area contributed by atoms with E-state index in [0.29, 0.717) is 12.0 Å². The molecule has 2 heteroatoms. The van der Waals surface area contributed by atoms with Crippen LogP contribution in [-0.2, 0) is 6.54 Å². The molecule has 0 saturated heterocycles. The zero-order valence-corrected chi connectivity index (χ0v) is 13.5. The SMILES string of the molecule is CC(CC1[NH2+]Cc2ccccc2-n2cccc21)c1ccccc1. The lowest BCUT2D eigenvalue weighted by molar-refractivity contribution is -0.712. The standard InChI is InChI=1S/C21H22N2/c1-16(17-8-3-2-4-9-17)14-19-21-12-7-13-23(21)20-11-6-5-10-18(20)15-22-19/h2-13,16,19,22H,14-15H2,1H3/p+1. The minimum Gasteiger partial charge on any atom is -0.335 e. The Kier molecular flexibility index (Phi) is 3.76. The Morgan fingerprint density at radius 3 is 2.65 bits per heavy atom. The normalized spacial score (nSPS) is 17.9. The zero-order valence-electron chi connectivity index (χ0n) is 13.5. The van der Waals surface area contributed by atoms with Gasteiger partial charge in [0.05, 0.1) is 11.4 Å². The summed E-state index contributed by atoms with van der Waals surface area (Å²) in [5, 5.41) is 2.50. The van der Waals surface area contributed by atoms with Crippen molar-refractivity contribution in [1.29, 1.82) is 0 Å². The molecule has 0 fully saturated rings. The van der Waals surface area contributed by atoms with E-state index < -0.39 is 0 Å². The van der Waals surface area contributed by atoms with Crippen LogP contribution in [0.5, 0.6) is 0 Å². The van der Waals surface area contributed by atoms with Crippen molar-refractivity contribution in [1.82, 2.24) is 4.57 Å². The minimum absolute atomic E-state index is 0.493. The number of hydrogen-bond donors (Lipinski definition) is 1. The van der Waals surface area contributed by atoms with Crippen molar-refractivity contribution in [3.05, 3.63) is 89.7 Å². The fraction of sp³-hybridized carbons (Fsp3) is 0.238. The topological polar surface area (TPSA) is 21.5 Å². The van der Waals surface area contributed by atoms with Gasteiger partial charge in [-0.25, -0.2) is 0 Å². The largest absolute Gasteiger partial charge is 0.335 e.